The van der Waals surface area contributed by atoms with E-state index in [9.17, 15) is 24.8 Å². The van der Waals surface area contributed by atoms with E-state index in [0.717, 1.165) is 38.8 Å². The minimum atomic E-state index is -1.00. The molecule has 0 aliphatic carbocycles. The molecule has 1 aromatic carbocycles. The van der Waals surface area contributed by atoms with Gasteiger partial charge in [-0.25, -0.2) is 4.79 Å². The number of ether oxygens (including phenoxy) is 1. The summed E-state index contributed by atoms with van der Waals surface area (Å²) >= 11 is 0. The highest BCUT2D eigenvalue weighted by Crippen LogP contribution is 2.23. The third-order valence-electron chi connectivity index (χ3n) is 5.76. The number of H-pyrrole nitrogens is 1. The fourth-order valence-electron chi connectivity index (χ4n) is 4.03. The fourth-order valence-corrected chi connectivity index (χ4v) is 4.03. The van der Waals surface area contributed by atoms with Crippen LogP contribution in [0.1, 0.15) is 25.7 Å². The van der Waals surface area contributed by atoms with Crippen molar-refractivity contribution < 1.29 is 14.8 Å². The smallest absolute Gasteiger partial charge is 0.329 e. The summed E-state index contributed by atoms with van der Waals surface area (Å²) in [6.07, 6.45) is 3.21. The predicted octanol–water partition coefficient (Wildman–Crippen LogP) is 1.15. The summed E-state index contributed by atoms with van der Waals surface area (Å²) in [4.78, 5) is 44.0. The molecule has 0 saturated carbocycles. The maximum absolute atomic E-state index is 12.7. The van der Waals surface area contributed by atoms with Gasteiger partial charge in [-0.1, -0.05) is 12.8 Å². The number of aromatic amines is 1. The summed E-state index contributed by atoms with van der Waals surface area (Å²) in [5.74, 6) is 0.913. The van der Waals surface area contributed by atoms with Gasteiger partial charge >= 0.3 is 5.69 Å². The molecule has 12 heteroatoms. The number of aliphatic hydroxyl groups excluding tert-OH is 1. The van der Waals surface area contributed by atoms with Gasteiger partial charge in [-0.15, -0.1) is 0 Å². The Bertz CT molecular complexity index is 1250. The molecule has 3 heterocycles. The number of nitro groups is 1. The lowest BCUT2D eigenvalue weighted by Crippen LogP contribution is -2.32. The number of nitrogens with one attached hydrogen (secondary N) is 1. The quantitative estimate of drug-likeness (QED) is 0.396. The number of nitro benzene ring substituents is 1. The molecule has 2 aromatic heterocycles. The van der Waals surface area contributed by atoms with E-state index < -0.39 is 22.3 Å². The Morgan fingerprint density at radius 1 is 1.18 bits per heavy atom. The van der Waals surface area contributed by atoms with Gasteiger partial charge in [0.25, 0.3) is 11.2 Å². The number of aromatic nitrogens is 4. The summed E-state index contributed by atoms with van der Waals surface area (Å²) < 4.78 is 8.51. The summed E-state index contributed by atoms with van der Waals surface area (Å²) in [7, 11) is 1.54. The minimum absolute atomic E-state index is 0.0244. The second-order valence-corrected chi connectivity index (χ2v) is 8.13. The van der Waals surface area contributed by atoms with Crippen LogP contribution in [0.4, 0.5) is 11.6 Å². The van der Waals surface area contributed by atoms with E-state index >= 15 is 0 Å². The first kappa shape index (κ1) is 22.5. The Labute approximate surface area is 188 Å². The maximum atomic E-state index is 12.7. The molecule has 1 aliphatic heterocycles. The largest absolute Gasteiger partial charge is 0.491 e. The van der Waals surface area contributed by atoms with Crippen LogP contribution in [0.25, 0.3) is 11.2 Å². The van der Waals surface area contributed by atoms with Crippen LogP contribution >= 0.6 is 0 Å². The number of aliphatic hydroxyl groups is 1. The topological polar surface area (TPSA) is 149 Å². The lowest BCUT2D eigenvalue weighted by Gasteiger charge is -2.23. The zero-order chi connectivity index (χ0) is 23.5. The molecule has 0 amide bonds. The van der Waals surface area contributed by atoms with Crippen LogP contribution < -0.4 is 20.9 Å². The van der Waals surface area contributed by atoms with Gasteiger partial charge in [0, 0.05) is 32.3 Å². The lowest BCUT2D eigenvalue weighted by molar-refractivity contribution is -0.384. The average Bonchev–Trinajstić information content (AvgIpc) is 2.96. The number of non-ortho nitro benzene ring substituents is 1. The number of hydrogen-bond donors (Lipinski definition) is 2. The molecule has 1 atom stereocenters. The molecule has 12 nitrogen and oxygen atoms in total. The molecule has 0 unspecified atom stereocenters. The highest BCUT2D eigenvalue weighted by Gasteiger charge is 2.24. The Morgan fingerprint density at radius 2 is 1.85 bits per heavy atom. The van der Waals surface area contributed by atoms with E-state index in [4.69, 9.17) is 4.74 Å². The second kappa shape index (κ2) is 9.45. The Kier molecular flexibility index (Phi) is 6.45. The number of aryl methyl sites for hydroxylation is 1. The molecule has 0 bridgehead atoms. The van der Waals surface area contributed by atoms with Crippen LogP contribution in [-0.4, -0.2) is 54.9 Å². The summed E-state index contributed by atoms with van der Waals surface area (Å²) in [5.41, 5.74) is -0.705. The summed E-state index contributed by atoms with van der Waals surface area (Å²) in [6.45, 7) is 1.46. The third kappa shape index (κ3) is 4.75. The standard InChI is InChI=1S/C21H26N6O6/c1-24-18-17(19(29)23-21(24)30)26(20(22-18)25-10-4-2-3-5-11-25)12-15(28)13-33-16-8-6-14(7-9-16)27(31)32/h6-9,15,28H,2-5,10-13H2,1H3,(H,23,29,30)/t15-/m1/s1. The monoisotopic (exact) mass is 458 g/mol. The number of fused-ring (bicyclic) bond motifs is 1. The van der Waals surface area contributed by atoms with Gasteiger partial charge in [0.1, 0.15) is 18.5 Å². The first-order valence-corrected chi connectivity index (χ1v) is 10.8. The zero-order valence-corrected chi connectivity index (χ0v) is 18.3. The van der Waals surface area contributed by atoms with Crippen molar-refractivity contribution in [3.8, 4) is 5.75 Å². The molecular formula is C21H26N6O6. The molecule has 176 valence electrons. The highest BCUT2D eigenvalue weighted by atomic mass is 16.6. The van der Waals surface area contributed by atoms with Crippen LogP contribution in [0.5, 0.6) is 5.75 Å². The number of nitrogens with zero attached hydrogens (tertiary/aromatic N) is 5. The van der Waals surface area contributed by atoms with Crippen molar-refractivity contribution in [3.05, 3.63) is 55.2 Å². The average molecular weight is 458 g/mol. The third-order valence-corrected chi connectivity index (χ3v) is 5.76. The van der Waals surface area contributed by atoms with Gasteiger partial charge in [0.05, 0.1) is 11.5 Å². The molecular weight excluding hydrogens is 432 g/mol. The van der Waals surface area contributed by atoms with E-state index in [1.165, 1.54) is 35.9 Å². The molecule has 2 N–H and O–H groups in total. The fraction of sp³-hybridized carbons (Fsp3) is 0.476. The van der Waals surface area contributed by atoms with Gasteiger partial charge in [-0.3, -0.25) is 24.5 Å². The Morgan fingerprint density at radius 3 is 2.48 bits per heavy atom. The van der Waals surface area contributed by atoms with Crippen molar-refractivity contribution in [1.29, 1.82) is 0 Å². The number of rotatable bonds is 7. The van der Waals surface area contributed by atoms with Crippen molar-refractivity contribution in [2.75, 3.05) is 24.6 Å². The molecule has 33 heavy (non-hydrogen) atoms. The molecule has 1 saturated heterocycles. The van der Waals surface area contributed by atoms with Crippen molar-refractivity contribution in [1.82, 2.24) is 19.1 Å². The number of imidazole rings is 1. The second-order valence-electron chi connectivity index (χ2n) is 8.13. The SMILES string of the molecule is Cn1c(=O)[nH]c(=O)c2c1nc(N1CCCCCC1)n2C[C@@H](O)COc1ccc([N+](=O)[O-])cc1. The van der Waals surface area contributed by atoms with Gasteiger partial charge in [0.15, 0.2) is 11.2 Å². The lowest BCUT2D eigenvalue weighted by atomic mass is 10.2. The maximum Gasteiger partial charge on any atom is 0.329 e. The molecule has 1 fully saturated rings. The van der Waals surface area contributed by atoms with Gasteiger partial charge in [-0.2, -0.15) is 4.98 Å². The highest BCUT2D eigenvalue weighted by molar-refractivity contribution is 5.74. The van der Waals surface area contributed by atoms with E-state index in [1.807, 2.05) is 0 Å². The van der Waals surface area contributed by atoms with Crippen LogP contribution in [-0.2, 0) is 13.6 Å². The van der Waals surface area contributed by atoms with Crippen LogP contribution in [0.3, 0.4) is 0 Å². The van der Waals surface area contributed by atoms with Crippen molar-refractivity contribution in [2.45, 2.75) is 38.3 Å². The Hall–Kier alpha value is -3.67. The summed E-state index contributed by atoms with van der Waals surface area (Å²) in [5, 5.41) is 21.5. The number of hydrogen-bond acceptors (Lipinski definition) is 8. The first-order valence-electron chi connectivity index (χ1n) is 10.8. The first-order chi connectivity index (χ1) is 15.8. The van der Waals surface area contributed by atoms with Gasteiger partial charge < -0.3 is 19.3 Å². The molecule has 3 aromatic rings. The zero-order valence-electron chi connectivity index (χ0n) is 18.3. The molecule has 0 radical (unpaired) electrons. The van der Waals surface area contributed by atoms with Gasteiger partial charge in [0.2, 0.25) is 5.95 Å². The van der Waals surface area contributed by atoms with Crippen LogP contribution in [0, 0.1) is 10.1 Å². The number of benzene rings is 1. The molecule has 0 spiro atoms. The Balaban J connectivity index is 1.61. The minimum Gasteiger partial charge on any atom is -0.491 e. The van der Waals surface area contributed by atoms with E-state index in [-0.39, 0.29) is 30.0 Å². The van der Waals surface area contributed by atoms with Crippen LogP contribution in [0.15, 0.2) is 33.9 Å². The van der Waals surface area contributed by atoms with Crippen molar-refractivity contribution in [2.24, 2.45) is 7.05 Å². The van der Waals surface area contributed by atoms with Crippen molar-refractivity contribution in [3.63, 3.8) is 0 Å². The normalized spacial score (nSPS) is 15.4. The molecule has 4 rings (SSSR count). The summed E-state index contributed by atoms with van der Waals surface area (Å²) in [6, 6.07) is 5.56. The van der Waals surface area contributed by atoms with Crippen LogP contribution in [0.2, 0.25) is 0 Å². The van der Waals surface area contributed by atoms with Crippen molar-refractivity contribution >= 4 is 22.8 Å². The van der Waals surface area contributed by atoms with E-state index in [1.54, 1.807) is 4.57 Å². The molecule has 1 aliphatic rings. The van der Waals surface area contributed by atoms with Gasteiger partial charge in [-0.05, 0) is 25.0 Å². The predicted molar refractivity (Wildman–Crippen MR) is 121 cm³/mol. The van der Waals surface area contributed by atoms with E-state index in [0.29, 0.717) is 11.7 Å². The number of anilines is 1. The van der Waals surface area contributed by atoms with E-state index in [2.05, 4.69) is 14.9 Å².